The summed E-state index contributed by atoms with van der Waals surface area (Å²) in [5, 5.41) is 11.7. The SMILES string of the molecule is Cc1[nH]c2c(C(=O)[O-])cccc2c(=O)c1C[NH+](C)C1CC[NH+](C)CC1. The number of aromatic nitrogens is 1. The Morgan fingerprint density at radius 3 is 2.68 bits per heavy atom. The van der Waals surface area contributed by atoms with Gasteiger partial charge in [0.05, 0.1) is 50.3 Å². The first-order valence-corrected chi connectivity index (χ1v) is 8.88. The van der Waals surface area contributed by atoms with Gasteiger partial charge in [-0.2, -0.15) is 0 Å². The maximum absolute atomic E-state index is 12.9. The minimum absolute atomic E-state index is 0.0308. The van der Waals surface area contributed by atoms with E-state index in [2.05, 4.69) is 19.1 Å². The number of hydrogen-bond acceptors (Lipinski definition) is 3. The third-order valence-corrected chi connectivity index (χ3v) is 5.56. The van der Waals surface area contributed by atoms with Gasteiger partial charge in [0.1, 0.15) is 6.54 Å². The number of carboxylic acids is 1. The van der Waals surface area contributed by atoms with Crippen molar-refractivity contribution < 1.29 is 19.7 Å². The lowest BCUT2D eigenvalue weighted by molar-refractivity contribution is -0.948. The second-order valence-corrected chi connectivity index (χ2v) is 7.33. The molecule has 1 aromatic heterocycles. The number of para-hydroxylation sites is 1. The molecule has 1 saturated heterocycles. The molecule has 6 heteroatoms. The Balaban J connectivity index is 1.94. The predicted octanol–water partition coefficient (Wildman–Crippen LogP) is -2.11. The van der Waals surface area contributed by atoms with Crippen LogP contribution in [0.4, 0.5) is 0 Å². The van der Waals surface area contributed by atoms with Gasteiger partial charge in [-0.25, -0.2) is 0 Å². The molecule has 1 unspecified atom stereocenters. The zero-order valence-electron chi connectivity index (χ0n) is 15.1. The maximum atomic E-state index is 12.9. The van der Waals surface area contributed by atoms with Gasteiger partial charge in [0, 0.05) is 29.5 Å². The van der Waals surface area contributed by atoms with E-state index in [0.717, 1.165) is 24.1 Å². The zero-order chi connectivity index (χ0) is 18.1. The summed E-state index contributed by atoms with van der Waals surface area (Å²) in [5.74, 6) is -1.27. The van der Waals surface area contributed by atoms with E-state index in [1.165, 1.54) is 24.1 Å². The molecule has 0 amide bonds. The van der Waals surface area contributed by atoms with Gasteiger partial charge in [0.2, 0.25) is 0 Å². The second kappa shape index (κ2) is 6.98. The first kappa shape index (κ1) is 17.6. The van der Waals surface area contributed by atoms with E-state index in [0.29, 0.717) is 23.5 Å². The van der Waals surface area contributed by atoms with Crippen molar-refractivity contribution in [1.82, 2.24) is 4.98 Å². The Morgan fingerprint density at radius 2 is 2.04 bits per heavy atom. The molecule has 1 fully saturated rings. The topological polar surface area (TPSA) is 81.9 Å². The highest BCUT2D eigenvalue weighted by atomic mass is 16.4. The van der Waals surface area contributed by atoms with Crippen molar-refractivity contribution in [3.63, 3.8) is 0 Å². The summed E-state index contributed by atoms with van der Waals surface area (Å²) in [4.78, 5) is 30.3. The van der Waals surface area contributed by atoms with Crippen LogP contribution in [0.3, 0.4) is 0 Å². The van der Waals surface area contributed by atoms with Crippen LogP contribution in [0, 0.1) is 6.92 Å². The fourth-order valence-corrected chi connectivity index (χ4v) is 3.88. The van der Waals surface area contributed by atoms with Gasteiger partial charge in [-0.1, -0.05) is 12.1 Å². The average molecular weight is 344 g/mol. The average Bonchev–Trinajstić information content (AvgIpc) is 2.58. The number of quaternary nitrogens is 2. The van der Waals surface area contributed by atoms with E-state index in [-0.39, 0.29) is 11.0 Å². The van der Waals surface area contributed by atoms with Crippen molar-refractivity contribution in [3.05, 3.63) is 45.2 Å². The van der Waals surface area contributed by atoms with Crippen LogP contribution in [0.15, 0.2) is 23.0 Å². The summed E-state index contributed by atoms with van der Waals surface area (Å²) in [6.07, 6.45) is 2.33. The number of benzene rings is 1. The van der Waals surface area contributed by atoms with Crippen molar-refractivity contribution in [1.29, 1.82) is 0 Å². The molecule has 2 aromatic rings. The van der Waals surface area contributed by atoms with E-state index in [1.807, 2.05) is 6.92 Å². The monoisotopic (exact) mass is 344 g/mol. The van der Waals surface area contributed by atoms with Crippen molar-refractivity contribution in [2.45, 2.75) is 32.4 Å². The summed E-state index contributed by atoms with van der Waals surface area (Å²) in [6.45, 7) is 4.83. The molecule has 1 aliphatic heterocycles. The highest BCUT2D eigenvalue weighted by molar-refractivity contribution is 6.00. The van der Waals surface area contributed by atoms with Gasteiger partial charge in [-0.15, -0.1) is 0 Å². The number of nitrogens with one attached hydrogen (secondary N) is 3. The third-order valence-electron chi connectivity index (χ3n) is 5.56. The number of carboxylic acid groups (broad SMARTS) is 1. The molecule has 3 N–H and O–H groups in total. The van der Waals surface area contributed by atoms with E-state index in [4.69, 9.17) is 0 Å². The number of aryl methyl sites for hydroxylation is 1. The molecule has 2 heterocycles. The molecular weight excluding hydrogens is 318 g/mol. The maximum Gasteiger partial charge on any atom is 0.198 e. The number of aromatic amines is 1. The number of likely N-dealkylation sites (tertiary alicyclic amines) is 1. The quantitative estimate of drug-likeness (QED) is 0.594. The smallest absolute Gasteiger partial charge is 0.198 e. The van der Waals surface area contributed by atoms with Crippen LogP contribution in [-0.2, 0) is 6.54 Å². The van der Waals surface area contributed by atoms with E-state index >= 15 is 0 Å². The molecule has 3 rings (SSSR count). The molecule has 1 aliphatic rings. The van der Waals surface area contributed by atoms with Crippen LogP contribution in [0.5, 0.6) is 0 Å². The highest BCUT2D eigenvalue weighted by Crippen LogP contribution is 2.15. The van der Waals surface area contributed by atoms with Crippen molar-refractivity contribution in [2.75, 3.05) is 27.2 Å². The number of carbonyl (C=O) groups excluding carboxylic acids is 1. The normalized spacial score (nSPS) is 22.0. The lowest BCUT2D eigenvalue weighted by atomic mass is 10.0. The minimum Gasteiger partial charge on any atom is -0.545 e. The Bertz CT molecular complexity index is 851. The van der Waals surface area contributed by atoms with Gasteiger partial charge >= 0.3 is 0 Å². The summed E-state index contributed by atoms with van der Waals surface area (Å²) >= 11 is 0. The van der Waals surface area contributed by atoms with Crippen LogP contribution in [0.1, 0.15) is 34.5 Å². The number of carbonyl (C=O) groups is 1. The Labute approximate surface area is 147 Å². The number of aromatic carboxylic acids is 1. The van der Waals surface area contributed by atoms with Crippen LogP contribution in [-0.4, -0.2) is 44.2 Å². The molecule has 0 spiro atoms. The molecule has 0 radical (unpaired) electrons. The standard InChI is InChI=1S/C19H25N3O3/c1-12-16(11-22(3)13-7-9-21(2)10-8-13)18(23)14-5-4-6-15(19(24)25)17(14)20-12/h4-6,13H,7-11H2,1-3H3,(H,20,23)(H,24,25)/p+1. The Morgan fingerprint density at radius 1 is 1.36 bits per heavy atom. The lowest BCUT2D eigenvalue weighted by Crippen LogP contribution is -3.17. The molecule has 6 nitrogen and oxygen atoms in total. The number of fused-ring (bicyclic) bond motifs is 1. The van der Waals surface area contributed by atoms with E-state index in [9.17, 15) is 14.7 Å². The first-order valence-electron chi connectivity index (χ1n) is 8.88. The second-order valence-electron chi connectivity index (χ2n) is 7.33. The fraction of sp³-hybridized carbons (Fsp3) is 0.474. The van der Waals surface area contributed by atoms with Crippen LogP contribution in [0.2, 0.25) is 0 Å². The molecule has 0 saturated carbocycles. The van der Waals surface area contributed by atoms with Gasteiger partial charge in [0.15, 0.2) is 5.43 Å². The summed E-state index contributed by atoms with van der Waals surface area (Å²) in [6, 6.07) is 5.30. The van der Waals surface area contributed by atoms with Crippen molar-refractivity contribution >= 4 is 16.9 Å². The van der Waals surface area contributed by atoms with E-state index in [1.54, 1.807) is 17.0 Å². The Hall–Kier alpha value is -2.18. The summed E-state index contributed by atoms with van der Waals surface area (Å²) < 4.78 is 0. The predicted molar refractivity (Wildman–Crippen MR) is 93.9 cm³/mol. The fourth-order valence-electron chi connectivity index (χ4n) is 3.88. The Kier molecular flexibility index (Phi) is 4.92. The number of hydrogen-bond donors (Lipinski definition) is 3. The van der Waals surface area contributed by atoms with Gasteiger partial charge in [-0.3, -0.25) is 4.79 Å². The number of H-pyrrole nitrogens is 1. The first-order chi connectivity index (χ1) is 11.9. The van der Waals surface area contributed by atoms with Gasteiger partial charge in [0.25, 0.3) is 0 Å². The molecule has 1 aromatic carbocycles. The largest absolute Gasteiger partial charge is 0.545 e. The summed E-state index contributed by atoms with van der Waals surface area (Å²) in [7, 11) is 4.37. The molecule has 0 bridgehead atoms. The number of piperidine rings is 1. The minimum atomic E-state index is -1.27. The lowest BCUT2D eigenvalue weighted by Gasteiger charge is -2.30. The molecular formula is C19H26N3O3+. The number of rotatable bonds is 4. The van der Waals surface area contributed by atoms with Crippen LogP contribution in [0.25, 0.3) is 10.9 Å². The highest BCUT2D eigenvalue weighted by Gasteiger charge is 2.27. The van der Waals surface area contributed by atoms with Gasteiger partial charge in [-0.05, 0) is 13.0 Å². The van der Waals surface area contributed by atoms with Crippen LogP contribution < -0.4 is 20.3 Å². The molecule has 134 valence electrons. The van der Waals surface area contributed by atoms with Crippen molar-refractivity contribution in [2.24, 2.45) is 0 Å². The van der Waals surface area contributed by atoms with Crippen molar-refractivity contribution in [3.8, 4) is 0 Å². The van der Waals surface area contributed by atoms with Crippen LogP contribution >= 0.6 is 0 Å². The summed E-state index contributed by atoms with van der Waals surface area (Å²) in [5.41, 5.74) is 1.79. The van der Waals surface area contributed by atoms with Gasteiger partial charge < -0.3 is 24.7 Å². The molecule has 25 heavy (non-hydrogen) atoms. The number of pyridine rings is 1. The zero-order valence-corrected chi connectivity index (χ0v) is 15.1. The van der Waals surface area contributed by atoms with E-state index < -0.39 is 5.97 Å². The third kappa shape index (κ3) is 3.45. The molecule has 0 aliphatic carbocycles. The molecule has 1 atom stereocenters.